The maximum absolute atomic E-state index is 10.5. The maximum atomic E-state index is 10.5. The Balaban J connectivity index is 2.87. The first-order valence-corrected chi connectivity index (χ1v) is 11.4. The molecule has 0 aliphatic rings. The fourth-order valence-electron chi connectivity index (χ4n) is 2.87. The lowest BCUT2D eigenvalue weighted by molar-refractivity contribution is -0.0166. The zero-order valence-electron chi connectivity index (χ0n) is 14.0. The van der Waals surface area contributed by atoms with Gasteiger partial charge in [0.25, 0.3) is 0 Å². The monoisotopic (exact) mass is 309 g/mol. The van der Waals surface area contributed by atoms with E-state index in [0.717, 1.165) is 11.6 Å². The molecule has 3 nitrogen and oxygen atoms in total. The smallest absolute Gasteiger partial charge is 0.0638 e. The summed E-state index contributed by atoms with van der Waals surface area (Å²) in [6.07, 6.45) is 0.131. The van der Waals surface area contributed by atoms with E-state index in [1.807, 2.05) is 30.3 Å². The van der Waals surface area contributed by atoms with E-state index in [2.05, 4.69) is 19.6 Å². The second kappa shape index (κ2) is 7.05. The molecule has 0 saturated carbocycles. The van der Waals surface area contributed by atoms with Gasteiger partial charge in [0.1, 0.15) is 0 Å². The van der Waals surface area contributed by atoms with Crippen LogP contribution < -0.4 is 5.73 Å². The van der Waals surface area contributed by atoms with E-state index >= 15 is 0 Å². The molecule has 21 heavy (non-hydrogen) atoms. The lowest BCUT2D eigenvalue weighted by Crippen LogP contribution is -2.42. The molecule has 0 spiro atoms. The molecule has 1 aromatic rings. The number of aliphatic hydroxyl groups is 2. The Morgan fingerprint density at radius 1 is 1.14 bits per heavy atom. The zero-order chi connectivity index (χ0) is 16.3. The summed E-state index contributed by atoms with van der Waals surface area (Å²) in [5.74, 6) is -0.175. The molecule has 0 aliphatic carbocycles. The largest absolute Gasteiger partial charge is 0.393 e. The fraction of sp³-hybridized carbons (Fsp3) is 0.647. The second-order valence-corrected chi connectivity index (χ2v) is 13.4. The van der Waals surface area contributed by atoms with Crippen LogP contribution in [0.4, 0.5) is 0 Å². The Hall–Kier alpha value is -0.683. The number of benzene rings is 1. The minimum Gasteiger partial charge on any atom is -0.393 e. The molecule has 1 aromatic carbocycles. The Morgan fingerprint density at radius 3 is 2.10 bits per heavy atom. The Bertz CT molecular complexity index is 423. The van der Waals surface area contributed by atoms with E-state index in [4.69, 9.17) is 5.73 Å². The summed E-state index contributed by atoms with van der Waals surface area (Å²) >= 11 is 0. The van der Waals surface area contributed by atoms with Crippen LogP contribution in [0.2, 0.25) is 25.7 Å². The lowest BCUT2D eigenvalue weighted by Gasteiger charge is -2.36. The van der Waals surface area contributed by atoms with Crippen LogP contribution >= 0.6 is 0 Å². The molecule has 3 atom stereocenters. The molecular formula is C17H31NO2Si. The van der Waals surface area contributed by atoms with Crippen LogP contribution in [0, 0.1) is 5.92 Å². The van der Waals surface area contributed by atoms with Gasteiger partial charge < -0.3 is 15.9 Å². The minimum atomic E-state index is -1.33. The Labute approximate surface area is 130 Å². The van der Waals surface area contributed by atoms with Crippen molar-refractivity contribution in [3.8, 4) is 0 Å². The third-order valence-electron chi connectivity index (χ3n) is 3.90. The van der Waals surface area contributed by atoms with E-state index in [-0.39, 0.29) is 12.0 Å². The van der Waals surface area contributed by atoms with Gasteiger partial charge in [0.15, 0.2) is 0 Å². The van der Waals surface area contributed by atoms with Gasteiger partial charge >= 0.3 is 0 Å². The van der Waals surface area contributed by atoms with Crippen molar-refractivity contribution in [1.82, 2.24) is 0 Å². The van der Waals surface area contributed by atoms with E-state index < -0.39 is 19.8 Å². The van der Waals surface area contributed by atoms with Crippen molar-refractivity contribution in [2.45, 2.75) is 63.7 Å². The molecule has 0 unspecified atom stereocenters. The number of nitrogens with two attached hydrogens (primary N) is 1. The average Bonchev–Trinajstić information content (AvgIpc) is 2.33. The SMILES string of the molecule is CC(C)(O)[C@H](C[C@@H](O)C[Si](C)(C)C)[C@@H](N)c1ccccc1. The maximum Gasteiger partial charge on any atom is 0.0638 e. The van der Waals surface area contributed by atoms with E-state index in [0.29, 0.717) is 6.42 Å². The van der Waals surface area contributed by atoms with Crippen LogP contribution in [0.5, 0.6) is 0 Å². The summed E-state index contributed by atoms with van der Waals surface area (Å²) in [5, 5.41) is 20.9. The molecule has 0 aliphatic heterocycles. The van der Waals surface area contributed by atoms with Crippen molar-refractivity contribution in [2.24, 2.45) is 11.7 Å². The molecule has 0 heterocycles. The van der Waals surface area contributed by atoms with Gasteiger partial charge in [0.2, 0.25) is 0 Å². The van der Waals surface area contributed by atoms with Gasteiger partial charge in [-0.3, -0.25) is 0 Å². The van der Waals surface area contributed by atoms with Gasteiger partial charge in [-0.05, 0) is 31.9 Å². The normalized spacial score (nSPS) is 17.3. The highest BCUT2D eigenvalue weighted by Crippen LogP contribution is 2.34. The van der Waals surface area contributed by atoms with Crippen molar-refractivity contribution in [3.05, 3.63) is 35.9 Å². The van der Waals surface area contributed by atoms with Gasteiger partial charge in [-0.15, -0.1) is 0 Å². The first-order valence-electron chi connectivity index (χ1n) is 7.71. The van der Waals surface area contributed by atoms with Crippen molar-refractivity contribution in [2.75, 3.05) is 0 Å². The van der Waals surface area contributed by atoms with Crippen LogP contribution in [-0.4, -0.2) is 30.0 Å². The molecule has 0 saturated heterocycles. The number of rotatable bonds is 7. The molecule has 4 heteroatoms. The van der Waals surface area contributed by atoms with Gasteiger partial charge in [-0.25, -0.2) is 0 Å². The summed E-state index contributed by atoms with van der Waals surface area (Å²) < 4.78 is 0. The lowest BCUT2D eigenvalue weighted by atomic mass is 9.78. The van der Waals surface area contributed by atoms with Crippen LogP contribution in [0.1, 0.15) is 31.9 Å². The minimum absolute atomic E-state index is 0.175. The Morgan fingerprint density at radius 2 is 1.67 bits per heavy atom. The molecule has 4 N–H and O–H groups in total. The summed E-state index contributed by atoms with van der Waals surface area (Å²) in [4.78, 5) is 0. The van der Waals surface area contributed by atoms with Crippen LogP contribution in [0.3, 0.4) is 0 Å². The summed E-state index contributed by atoms with van der Waals surface area (Å²) in [6, 6.07) is 10.4. The summed E-state index contributed by atoms with van der Waals surface area (Å²) in [7, 11) is -1.33. The van der Waals surface area contributed by atoms with Crippen LogP contribution in [0.25, 0.3) is 0 Å². The molecule has 0 fully saturated rings. The van der Waals surface area contributed by atoms with E-state index in [9.17, 15) is 10.2 Å². The molecular weight excluding hydrogens is 278 g/mol. The van der Waals surface area contributed by atoms with Crippen LogP contribution in [-0.2, 0) is 0 Å². The number of hydrogen-bond acceptors (Lipinski definition) is 3. The number of hydrogen-bond donors (Lipinski definition) is 3. The van der Waals surface area contributed by atoms with E-state index in [1.54, 1.807) is 13.8 Å². The van der Waals surface area contributed by atoms with Crippen molar-refractivity contribution in [3.63, 3.8) is 0 Å². The molecule has 0 amide bonds. The highest BCUT2D eigenvalue weighted by Gasteiger charge is 2.35. The topological polar surface area (TPSA) is 66.5 Å². The molecule has 1 rings (SSSR count). The molecule has 0 aromatic heterocycles. The fourth-order valence-corrected chi connectivity index (χ4v) is 4.45. The predicted molar refractivity (Wildman–Crippen MR) is 91.9 cm³/mol. The highest BCUT2D eigenvalue weighted by atomic mass is 28.3. The van der Waals surface area contributed by atoms with E-state index in [1.165, 1.54) is 0 Å². The zero-order valence-corrected chi connectivity index (χ0v) is 15.0. The van der Waals surface area contributed by atoms with Crippen molar-refractivity contribution < 1.29 is 10.2 Å². The highest BCUT2D eigenvalue weighted by molar-refractivity contribution is 6.76. The van der Waals surface area contributed by atoms with Gasteiger partial charge in [0, 0.05) is 20.0 Å². The van der Waals surface area contributed by atoms with Gasteiger partial charge in [0.05, 0.1) is 11.7 Å². The summed E-state index contributed by atoms with van der Waals surface area (Å²) in [6.45, 7) is 10.3. The first-order chi connectivity index (χ1) is 9.50. The van der Waals surface area contributed by atoms with Gasteiger partial charge in [-0.2, -0.15) is 0 Å². The Kier molecular flexibility index (Phi) is 6.17. The standard InChI is InChI=1S/C17H31NO2Si/c1-17(2,20)15(11-14(19)12-21(3,4)5)16(18)13-9-7-6-8-10-13/h6-10,14-16,19-20H,11-12,18H2,1-5H3/t14-,15-,16+/m1/s1. The van der Waals surface area contributed by atoms with Crippen LogP contribution in [0.15, 0.2) is 30.3 Å². The average molecular weight is 310 g/mol. The second-order valence-electron chi connectivity index (χ2n) is 7.85. The van der Waals surface area contributed by atoms with Gasteiger partial charge in [-0.1, -0.05) is 50.0 Å². The first kappa shape index (κ1) is 18.4. The molecule has 0 radical (unpaired) electrons. The third kappa shape index (κ3) is 6.30. The number of aliphatic hydroxyl groups excluding tert-OH is 1. The van der Waals surface area contributed by atoms with Crippen molar-refractivity contribution in [1.29, 1.82) is 0 Å². The molecule has 120 valence electrons. The third-order valence-corrected chi connectivity index (χ3v) is 5.60. The quantitative estimate of drug-likeness (QED) is 0.678. The summed E-state index contributed by atoms with van der Waals surface area (Å²) in [5.41, 5.74) is 6.46. The predicted octanol–water partition coefficient (Wildman–Crippen LogP) is 3.16. The van der Waals surface area contributed by atoms with Crippen molar-refractivity contribution >= 4 is 8.07 Å². The molecule has 0 bridgehead atoms.